The summed E-state index contributed by atoms with van der Waals surface area (Å²) in [7, 11) is 2.00. The summed E-state index contributed by atoms with van der Waals surface area (Å²) >= 11 is 0. The van der Waals surface area contributed by atoms with Crippen LogP contribution in [0.5, 0.6) is 0 Å². The number of fused-ring (bicyclic) bond motifs is 2. The highest BCUT2D eigenvalue weighted by Crippen LogP contribution is 2.23. The molecule has 1 aliphatic rings. The minimum atomic E-state index is 0.0804. The molecule has 1 aromatic heterocycles. The summed E-state index contributed by atoms with van der Waals surface area (Å²) in [6, 6.07) is 8.69. The van der Waals surface area contributed by atoms with Crippen LogP contribution in [0, 0.1) is 0 Å². The summed E-state index contributed by atoms with van der Waals surface area (Å²) in [5, 5.41) is 4.68. The predicted octanol–water partition coefficient (Wildman–Crippen LogP) is 1.44. The molecule has 1 heterocycles. The van der Waals surface area contributed by atoms with Crippen LogP contribution in [-0.4, -0.2) is 5.10 Å². The molecule has 0 fully saturated rings. The zero-order valence-electron chi connectivity index (χ0n) is 12.1. The molecule has 0 saturated carbocycles. The molecule has 1 aliphatic carbocycles. The second kappa shape index (κ2) is 4.12. The molecule has 0 N–H and O–H groups in total. The minimum Gasteiger partial charge on any atom is -0.138 e. The number of benzene rings is 1. The van der Waals surface area contributed by atoms with E-state index in [0.29, 0.717) is 0 Å². The van der Waals surface area contributed by atoms with Crippen molar-refractivity contribution in [1.82, 2.24) is 5.10 Å². The van der Waals surface area contributed by atoms with E-state index in [1.165, 1.54) is 22.5 Å². The van der Waals surface area contributed by atoms with Gasteiger partial charge in [0.05, 0.1) is 6.42 Å². The van der Waals surface area contributed by atoms with E-state index in [0.717, 1.165) is 12.8 Å². The molecule has 3 heteroatoms. The predicted molar refractivity (Wildman–Crippen MR) is 72.7 cm³/mol. The molecule has 2 aromatic rings. The number of hydrogen-bond donors (Lipinski definition) is 0. The van der Waals surface area contributed by atoms with Gasteiger partial charge in [0.1, 0.15) is 0 Å². The summed E-state index contributed by atoms with van der Waals surface area (Å²) in [5.74, 6) is 0. The van der Waals surface area contributed by atoms with Crippen molar-refractivity contribution < 1.29 is 9.25 Å². The monoisotopic (exact) mass is 255 g/mol. The van der Waals surface area contributed by atoms with Gasteiger partial charge in [-0.05, 0) is 15.8 Å². The highest BCUT2D eigenvalue weighted by molar-refractivity contribution is 5.37. The average Bonchev–Trinajstić information content (AvgIpc) is 2.34. The number of hydrogen-bond acceptors (Lipinski definition) is 1. The van der Waals surface area contributed by atoms with Crippen molar-refractivity contribution >= 4 is 0 Å². The molecule has 0 bridgehead atoms. The fraction of sp³-hybridized carbons (Fsp3) is 0.438. The molecule has 3 nitrogen and oxygen atoms in total. The Morgan fingerprint density at radius 3 is 2.32 bits per heavy atom. The lowest BCUT2D eigenvalue weighted by molar-refractivity contribution is -0.873. The first-order valence-electron chi connectivity index (χ1n) is 6.83. The van der Waals surface area contributed by atoms with Crippen molar-refractivity contribution in [1.29, 1.82) is 0 Å². The molecule has 98 valence electrons. The second-order valence-electron chi connectivity index (χ2n) is 6.35. The van der Waals surface area contributed by atoms with Crippen molar-refractivity contribution in [2.24, 2.45) is 7.05 Å². The van der Waals surface area contributed by atoms with Crippen molar-refractivity contribution in [3.8, 4) is 0 Å². The van der Waals surface area contributed by atoms with Crippen LogP contribution in [0.1, 0.15) is 43.3 Å². The Bertz CT molecular complexity index is 639. The zero-order valence-corrected chi connectivity index (χ0v) is 12.1. The van der Waals surface area contributed by atoms with Crippen LogP contribution < -0.4 is 9.25 Å². The molecule has 0 amide bonds. The lowest BCUT2D eigenvalue weighted by Crippen LogP contribution is -2.60. The third kappa shape index (κ3) is 2.14. The van der Waals surface area contributed by atoms with Crippen molar-refractivity contribution in [3.05, 3.63) is 53.1 Å². The van der Waals surface area contributed by atoms with E-state index in [-0.39, 0.29) is 5.54 Å². The maximum Gasteiger partial charge on any atom is 0.432 e. The Morgan fingerprint density at radius 2 is 1.68 bits per heavy atom. The van der Waals surface area contributed by atoms with Gasteiger partial charge in [0, 0.05) is 32.3 Å². The smallest absolute Gasteiger partial charge is 0.138 e. The van der Waals surface area contributed by atoms with Crippen LogP contribution in [0.2, 0.25) is 0 Å². The molecule has 1 aromatic carbocycles. The van der Waals surface area contributed by atoms with Crippen LogP contribution in [0.15, 0.2) is 30.6 Å². The number of aromatic nitrogens is 3. The highest BCUT2D eigenvalue weighted by atomic mass is 15.3. The van der Waals surface area contributed by atoms with Gasteiger partial charge < -0.3 is 0 Å². The van der Waals surface area contributed by atoms with Crippen LogP contribution >= 0.6 is 0 Å². The molecule has 0 saturated heterocycles. The quantitative estimate of drug-likeness (QED) is 0.557. The molecule has 0 unspecified atom stereocenters. The van der Waals surface area contributed by atoms with E-state index in [2.05, 4.69) is 61.0 Å². The van der Waals surface area contributed by atoms with Crippen LogP contribution in [0.25, 0.3) is 0 Å². The largest absolute Gasteiger partial charge is 0.432 e. The lowest BCUT2D eigenvalue weighted by atomic mass is 9.91. The van der Waals surface area contributed by atoms with Gasteiger partial charge in [-0.2, -0.15) is 0 Å². The zero-order chi connectivity index (χ0) is 13.6. The van der Waals surface area contributed by atoms with Crippen LogP contribution in [-0.2, 0) is 25.4 Å². The normalized spacial score (nSPS) is 13.9. The highest BCUT2D eigenvalue weighted by Gasteiger charge is 2.35. The maximum absolute atomic E-state index is 4.68. The Morgan fingerprint density at radius 1 is 1.05 bits per heavy atom. The molecular formula is C16H21N3+2. The van der Waals surface area contributed by atoms with Crippen molar-refractivity contribution in [2.45, 2.75) is 39.2 Å². The molecule has 0 spiro atoms. The van der Waals surface area contributed by atoms with Crippen LogP contribution in [0.4, 0.5) is 0 Å². The Kier molecular flexibility index (Phi) is 2.66. The number of rotatable bonds is 0. The summed E-state index contributed by atoms with van der Waals surface area (Å²) in [6.45, 7) is 6.73. The second-order valence-corrected chi connectivity index (χ2v) is 6.35. The van der Waals surface area contributed by atoms with Gasteiger partial charge >= 0.3 is 6.33 Å². The third-order valence-electron chi connectivity index (χ3n) is 3.74. The van der Waals surface area contributed by atoms with Crippen molar-refractivity contribution in [2.75, 3.05) is 0 Å². The summed E-state index contributed by atoms with van der Waals surface area (Å²) in [4.78, 5) is 0. The van der Waals surface area contributed by atoms with E-state index in [4.69, 9.17) is 0 Å². The molecular weight excluding hydrogens is 234 g/mol. The Balaban J connectivity index is 2.18. The van der Waals surface area contributed by atoms with Gasteiger partial charge in [-0.3, -0.25) is 0 Å². The minimum absolute atomic E-state index is 0.0804. The standard InChI is InChI=1S/C16H21N3/c1-16(2,3)19-11-18(4)17-14-9-12-7-5-6-8-13(12)10-15(14)19/h5-8,11H,9-10H2,1-4H3/q+2. The summed E-state index contributed by atoms with van der Waals surface area (Å²) < 4.78 is 4.29. The first-order chi connectivity index (χ1) is 8.95. The SMILES string of the molecule is C[n+]1c[n+](C(C)(C)C)c2c(n1)Cc1ccccc1C2. The lowest BCUT2D eigenvalue weighted by Gasteiger charge is -2.20. The van der Waals surface area contributed by atoms with Crippen molar-refractivity contribution in [3.63, 3.8) is 0 Å². The fourth-order valence-electron chi connectivity index (χ4n) is 2.82. The van der Waals surface area contributed by atoms with Gasteiger partial charge in [0.25, 0.3) is 0 Å². The van der Waals surface area contributed by atoms with E-state index >= 15 is 0 Å². The van der Waals surface area contributed by atoms with Gasteiger partial charge in [-0.1, -0.05) is 24.3 Å². The summed E-state index contributed by atoms with van der Waals surface area (Å²) in [5.41, 5.74) is 5.48. The van der Waals surface area contributed by atoms with Gasteiger partial charge in [0.2, 0.25) is 5.69 Å². The summed E-state index contributed by atoms with van der Waals surface area (Å²) in [6.07, 6.45) is 4.03. The van der Waals surface area contributed by atoms with E-state index in [1.807, 2.05) is 11.7 Å². The Hall–Kier alpha value is -1.77. The van der Waals surface area contributed by atoms with E-state index in [9.17, 15) is 0 Å². The number of aryl methyl sites for hydroxylation is 1. The molecule has 0 aliphatic heterocycles. The maximum atomic E-state index is 4.68. The molecule has 3 rings (SSSR count). The molecule has 0 atom stereocenters. The fourth-order valence-corrected chi connectivity index (χ4v) is 2.82. The third-order valence-corrected chi connectivity index (χ3v) is 3.74. The first-order valence-corrected chi connectivity index (χ1v) is 6.83. The molecule has 0 radical (unpaired) electrons. The number of nitrogens with zero attached hydrogens (tertiary/aromatic N) is 3. The van der Waals surface area contributed by atoms with Gasteiger partial charge in [-0.15, -0.1) is 4.57 Å². The first kappa shape index (κ1) is 12.3. The topological polar surface area (TPSA) is 20.6 Å². The van der Waals surface area contributed by atoms with Crippen LogP contribution in [0.3, 0.4) is 0 Å². The van der Waals surface area contributed by atoms with Gasteiger partial charge in [-0.25, -0.2) is 0 Å². The Labute approximate surface area is 114 Å². The molecule has 19 heavy (non-hydrogen) atoms. The van der Waals surface area contributed by atoms with E-state index in [1.54, 1.807) is 0 Å². The average molecular weight is 255 g/mol. The van der Waals surface area contributed by atoms with Gasteiger partial charge in [0.15, 0.2) is 18.3 Å². The van der Waals surface area contributed by atoms with E-state index < -0.39 is 0 Å².